The van der Waals surface area contributed by atoms with E-state index in [1.54, 1.807) is 23.1 Å². The summed E-state index contributed by atoms with van der Waals surface area (Å²) in [6.07, 6.45) is 4.92. The van der Waals surface area contributed by atoms with E-state index in [0.717, 1.165) is 18.4 Å². The fourth-order valence-corrected chi connectivity index (χ4v) is 2.62. The summed E-state index contributed by atoms with van der Waals surface area (Å²) >= 11 is 12.0. The zero-order chi connectivity index (χ0) is 14.5. The van der Waals surface area contributed by atoms with Crippen molar-refractivity contribution < 1.29 is 9.90 Å². The molecule has 0 bridgehead atoms. The fourth-order valence-electron chi connectivity index (χ4n) is 2.25. The number of nitrogens with zero attached hydrogens (tertiary/aromatic N) is 1. The number of aliphatic hydroxyl groups is 1. The van der Waals surface area contributed by atoms with Crippen LogP contribution in [0.1, 0.15) is 18.4 Å². The van der Waals surface area contributed by atoms with Gasteiger partial charge in [0, 0.05) is 25.8 Å². The molecule has 5 heteroatoms. The van der Waals surface area contributed by atoms with Crippen molar-refractivity contribution in [1.29, 1.82) is 0 Å². The molecule has 20 heavy (non-hydrogen) atoms. The normalized spacial score (nSPS) is 16.9. The Bertz CT molecular complexity index is 509. The highest BCUT2D eigenvalue weighted by Gasteiger charge is 2.20. The summed E-state index contributed by atoms with van der Waals surface area (Å²) in [6, 6.07) is 5.32. The average Bonchev–Trinajstić information content (AvgIpc) is 2.48. The second kappa shape index (κ2) is 7.11. The van der Waals surface area contributed by atoms with Gasteiger partial charge in [0.1, 0.15) is 0 Å². The van der Waals surface area contributed by atoms with E-state index in [-0.39, 0.29) is 12.5 Å². The number of amides is 1. The number of piperidine rings is 1. The van der Waals surface area contributed by atoms with Gasteiger partial charge in [-0.05, 0) is 36.5 Å². The Kier molecular flexibility index (Phi) is 5.46. The van der Waals surface area contributed by atoms with E-state index in [2.05, 4.69) is 0 Å². The number of carbonyl (C=O) groups is 1. The first-order valence-electron chi connectivity index (χ1n) is 6.63. The minimum Gasteiger partial charge on any atom is -0.396 e. The lowest BCUT2D eigenvalue weighted by Crippen LogP contribution is -2.38. The van der Waals surface area contributed by atoms with Gasteiger partial charge < -0.3 is 10.0 Å². The van der Waals surface area contributed by atoms with Gasteiger partial charge in [0.2, 0.25) is 5.91 Å². The molecule has 1 aromatic carbocycles. The molecule has 1 aromatic rings. The molecule has 0 aliphatic carbocycles. The zero-order valence-electron chi connectivity index (χ0n) is 11.1. The molecule has 1 aliphatic rings. The van der Waals surface area contributed by atoms with Crippen molar-refractivity contribution in [2.45, 2.75) is 12.8 Å². The SMILES string of the molecule is O=C(/C=C/c1cccc(Cl)c1Cl)N1CCC(CO)CC1. The molecule has 1 N–H and O–H groups in total. The summed E-state index contributed by atoms with van der Waals surface area (Å²) in [7, 11) is 0. The van der Waals surface area contributed by atoms with Crippen LogP contribution in [0.25, 0.3) is 6.08 Å². The third-order valence-electron chi connectivity index (χ3n) is 3.57. The summed E-state index contributed by atoms with van der Waals surface area (Å²) in [5, 5.41) is 10.0. The topological polar surface area (TPSA) is 40.5 Å². The van der Waals surface area contributed by atoms with Gasteiger partial charge in [-0.25, -0.2) is 0 Å². The molecule has 0 spiro atoms. The van der Waals surface area contributed by atoms with Gasteiger partial charge in [0.25, 0.3) is 0 Å². The van der Waals surface area contributed by atoms with Gasteiger partial charge in [-0.1, -0.05) is 35.3 Å². The molecule has 0 aromatic heterocycles. The van der Waals surface area contributed by atoms with Crippen molar-refractivity contribution in [2.24, 2.45) is 5.92 Å². The first-order valence-corrected chi connectivity index (χ1v) is 7.39. The van der Waals surface area contributed by atoms with Crippen molar-refractivity contribution in [2.75, 3.05) is 19.7 Å². The minimum atomic E-state index is -0.0302. The Hall–Kier alpha value is -1.03. The van der Waals surface area contributed by atoms with Crippen molar-refractivity contribution in [3.63, 3.8) is 0 Å². The number of rotatable bonds is 3. The highest BCUT2D eigenvalue weighted by Crippen LogP contribution is 2.26. The quantitative estimate of drug-likeness (QED) is 0.870. The molecule has 3 nitrogen and oxygen atoms in total. The predicted octanol–water partition coefficient (Wildman–Crippen LogP) is 3.24. The van der Waals surface area contributed by atoms with Crippen LogP contribution in [0.2, 0.25) is 10.0 Å². The van der Waals surface area contributed by atoms with Crippen LogP contribution in [-0.2, 0) is 4.79 Å². The largest absolute Gasteiger partial charge is 0.396 e. The molecule has 1 amide bonds. The smallest absolute Gasteiger partial charge is 0.246 e. The molecule has 1 heterocycles. The fraction of sp³-hybridized carbons (Fsp3) is 0.400. The first-order chi connectivity index (χ1) is 9.61. The highest BCUT2D eigenvalue weighted by atomic mass is 35.5. The monoisotopic (exact) mass is 313 g/mol. The molecule has 108 valence electrons. The van der Waals surface area contributed by atoms with Crippen LogP contribution in [0.5, 0.6) is 0 Å². The van der Waals surface area contributed by atoms with Crippen molar-refractivity contribution in [1.82, 2.24) is 4.90 Å². The van der Waals surface area contributed by atoms with Gasteiger partial charge in [0.05, 0.1) is 10.0 Å². The molecule has 1 aliphatic heterocycles. The molecular formula is C15H17Cl2NO2. The van der Waals surface area contributed by atoms with Crippen molar-refractivity contribution in [3.8, 4) is 0 Å². The molecule has 0 saturated carbocycles. The van der Waals surface area contributed by atoms with E-state index >= 15 is 0 Å². The maximum absolute atomic E-state index is 12.1. The minimum absolute atomic E-state index is 0.0302. The van der Waals surface area contributed by atoms with E-state index in [9.17, 15) is 4.79 Å². The molecule has 0 atom stereocenters. The van der Waals surface area contributed by atoms with E-state index in [1.807, 2.05) is 6.07 Å². The number of hydrogen-bond donors (Lipinski definition) is 1. The Morgan fingerprint density at radius 1 is 1.35 bits per heavy atom. The number of carbonyl (C=O) groups excluding carboxylic acids is 1. The van der Waals surface area contributed by atoms with E-state index in [4.69, 9.17) is 28.3 Å². The van der Waals surface area contributed by atoms with Crippen LogP contribution < -0.4 is 0 Å². The van der Waals surface area contributed by atoms with Gasteiger partial charge in [0.15, 0.2) is 0 Å². The summed E-state index contributed by atoms with van der Waals surface area (Å²) < 4.78 is 0. The molecule has 1 saturated heterocycles. The van der Waals surface area contributed by atoms with Gasteiger partial charge in [-0.2, -0.15) is 0 Å². The number of hydrogen-bond acceptors (Lipinski definition) is 2. The van der Waals surface area contributed by atoms with Crippen LogP contribution in [0.3, 0.4) is 0 Å². The van der Waals surface area contributed by atoms with Crippen LogP contribution in [0.15, 0.2) is 24.3 Å². The third kappa shape index (κ3) is 3.75. The summed E-state index contributed by atoms with van der Waals surface area (Å²) in [5.41, 5.74) is 0.734. The lowest BCUT2D eigenvalue weighted by molar-refractivity contribution is -0.127. The van der Waals surface area contributed by atoms with Crippen molar-refractivity contribution >= 4 is 35.2 Å². The third-order valence-corrected chi connectivity index (χ3v) is 4.40. The summed E-state index contributed by atoms with van der Waals surface area (Å²) in [4.78, 5) is 13.9. The second-order valence-electron chi connectivity index (χ2n) is 4.93. The summed E-state index contributed by atoms with van der Waals surface area (Å²) in [6.45, 7) is 1.59. The van der Waals surface area contributed by atoms with Crippen molar-refractivity contribution in [3.05, 3.63) is 39.9 Å². The Labute approximate surface area is 128 Å². The lowest BCUT2D eigenvalue weighted by Gasteiger charge is -2.30. The summed E-state index contributed by atoms with van der Waals surface area (Å²) in [5.74, 6) is 0.294. The molecule has 1 fully saturated rings. The van der Waals surface area contributed by atoms with Crippen LogP contribution in [0.4, 0.5) is 0 Å². The Balaban J connectivity index is 1.98. The van der Waals surface area contributed by atoms with Crippen LogP contribution in [0, 0.1) is 5.92 Å². The standard InChI is InChI=1S/C15H17Cl2NO2/c16-13-3-1-2-12(15(13)17)4-5-14(20)18-8-6-11(10-19)7-9-18/h1-5,11,19H,6-10H2/b5-4+. The average molecular weight is 314 g/mol. The maximum atomic E-state index is 12.1. The highest BCUT2D eigenvalue weighted by molar-refractivity contribution is 6.42. The van der Waals surface area contributed by atoms with Crippen LogP contribution in [-0.4, -0.2) is 35.6 Å². The van der Waals surface area contributed by atoms with E-state index in [1.165, 1.54) is 6.08 Å². The number of halogens is 2. The Morgan fingerprint density at radius 3 is 2.70 bits per heavy atom. The van der Waals surface area contributed by atoms with Crippen LogP contribution >= 0.6 is 23.2 Å². The van der Waals surface area contributed by atoms with Gasteiger partial charge in [-0.15, -0.1) is 0 Å². The predicted molar refractivity (Wildman–Crippen MR) is 81.9 cm³/mol. The maximum Gasteiger partial charge on any atom is 0.246 e. The number of benzene rings is 1. The molecule has 2 rings (SSSR count). The lowest BCUT2D eigenvalue weighted by atomic mass is 9.98. The number of likely N-dealkylation sites (tertiary alicyclic amines) is 1. The van der Waals surface area contributed by atoms with Gasteiger partial charge in [-0.3, -0.25) is 4.79 Å². The van der Waals surface area contributed by atoms with E-state index < -0.39 is 0 Å². The number of aliphatic hydroxyl groups excluding tert-OH is 1. The van der Waals surface area contributed by atoms with Gasteiger partial charge >= 0.3 is 0 Å². The molecule has 0 unspecified atom stereocenters. The molecule has 0 radical (unpaired) electrons. The first kappa shape index (κ1) is 15.4. The zero-order valence-corrected chi connectivity index (χ0v) is 12.6. The van der Waals surface area contributed by atoms with E-state index in [0.29, 0.717) is 29.1 Å². The second-order valence-corrected chi connectivity index (χ2v) is 5.71. The Morgan fingerprint density at radius 2 is 2.05 bits per heavy atom. The molecular weight excluding hydrogens is 297 g/mol.